The van der Waals surface area contributed by atoms with Gasteiger partial charge in [-0.1, -0.05) is 19.1 Å². The molecule has 0 spiro atoms. The van der Waals surface area contributed by atoms with Crippen molar-refractivity contribution in [3.8, 4) is 0 Å². The molecule has 31 heavy (non-hydrogen) atoms. The minimum Gasteiger partial charge on any atom is -0.377 e. The molecule has 1 aliphatic heterocycles. The van der Waals surface area contributed by atoms with Crippen molar-refractivity contribution in [2.24, 2.45) is 0 Å². The highest BCUT2D eigenvalue weighted by Gasteiger charge is 2.26. The van der Waals surface area contributed by atoms with Crippen molar-refractivity contribution in [1.82, 2.24) is 30.1 Å². The van der Waals surface area contributed by atoms with Gasteiger partial charge >= 0.3 is 0 Å². The third kappa shape index (κ3) is 4.85. The van der Waals surface area contributed by atoms with E-state index in [0.717, 1.165) is 60.3 Å². The number of aromatic amines is 1. The molecule has 1 aliphatic rings. The Morgan fingerprint density at radius 3 is 2.87 bits per heavy atom. The summed E-state index contributed by atoms with van der Waals surface area (Å²) in [7, 11) is 0. The van der Waals surface area contributed by atoms with E-state index in [1.165, 1.54) is 0 Å². The number of fused-ring (bicyclic) bond motifs is 1. The highest BCUT2D eigenvalue weighted by Crippen LogP contribution is 2.22. The van der Waals surface area contributed by atoms with Crippen LogP contribution in [-0.2, 0) is 23.4 Å². The predicted molar refractivity (Wildman–Crippen MR) is 120 cm³/mol. The number of hydrogen-bond donors (Lipinski definition) is 1. The molecule has 3 heterocycles. The Hall–Kier alpha value is -2.58. The summed E-state index contributed by atoms with van der Waals surface area (Å²) >= 11 is 0. The first-order valence-corrected chi connectivity index (χ1v) is 11.1. The summed E-state index contributed by atoms with van der Waals surface area (Å²) in [5, 5.41) is 13.5. The van der Waals surface area contributed by atoms with Crippen LogP contribution in [-0.4, -0.2) is 49.3 Å². The molecule has 2 aromatic heterocycles. The summed E-state index contributed by atoms with van der Waals surface area (Å²) in [6.45, 7) is 11.0. The number of aryl methyl sites for hydroxylation is 1. The number of H-pyrrole nitrogens is 1. The first-order valence-electron chi connectivity index (χ1n) is 11.1. The van der Waals surface area contributed by atoms with E-state index in [4.69, 9.17) is 4.74 Å². The van der Waals surface area contributed by atoms with E-state index in [-0.39, 0.29) is 17.2 Å². The second-order valence-corrected chi connectivity index (χ2v) is 9.19. The lowest BCUT2D eigenvalue weighted by atomic mass is 10.0. The van der Waals surface area contributed by atoms with Gasteiger partial charge in [0.15, 0.2) is 5.82 Å². The van der Waals surface area contributed by atoms with Crippen molar-refractivity contribution in [2.75, 3.05) is 13.2 Å². The fourth-order valence-electron chi connectivity index (χ4n) is 4.10. The van der Waals surface area contributed by atoms with Crippen LogP contribution >= 0.6 is 0 Å². The molecule has 0 aliphatic carbocycles. The van der Waals surface area contributed by atoms with Gasteiger partial charge in [-0.15, -0.1) is 5.10 Å². The Morgan fingerprint density at radius 1 is 1.29 bits per heavy atom. The molecule has 1 aromatic carbocycles. The van der Waals surface area contributed by atoms with Gasteiger partial charge < -0.3 is 9.72 Å². The SMILES string of the molecule is CCC(C)(C)n1nnnc1CN(Cc1cc2ccc(C)cc2[nH]c1=O)C[C@@H]1CCCO1. The molecule has 1 saturated heterocycles. The van der Waals surface area contributed by atoms with Crippen molar-refractivity contribution in [2.45, 2.75) is 71.7 Å². The smallest absolute Gasteiger partial charge is 0.252 e. The van der Waals surface area contributed by atoms with Gasteiger partial charge in [-0.25, -0.2) is 4.68 Å². The zero-order valence-electron chi connectivity index (χ0n) is 18.9. The average Bonchev–Trinajstić information content (AvgIpc) is 3.41. The summed E-state index contributed by atoms with van der Waals surface area (Å²) in [6.07, 6.45) is 3.20. The number of benzene rings is 1. The largest absolute Gasteiger partial charge is 0.377 e. The van der Waals surface area contributed by atoms with Gasteiger partial charge in [0.2, 0.25) is 0 Å². The molecule has 8 nitrogen and oxygen atoms in total. The first-order chi connectivity index (χ1) is 14.9. The van der Waals surface area contributed by atoms with Crippen molar-refractivity contribution >= 4 is 10.9 Å². The van der Waals surface area contributed by atoms with Crippen molar-refractivity contribution < 1.29 is 4.74 Å². The number of nitrogens with one attached hydrogen (secondary N) is 1. The molecule has 1 atom stereocenters. The Labute approximate surface area is 182 Å². The molecule has 3 aromatic rings. The molecule has 8 heteroatoms. The Morgan fingerprint density at radius 2 is 2.13 bits per heavy atom. The summed E-state index contributed by atoms with van der Waals surface area (Å²) in [5.41, 5.74) is 2.51. The molecule has 4 rings (SSSR count). The number of ether oxygens (including phenoxy) is 1. The third-order valence-electron chi connectivity index (χ3n) is 6.30. The second kappa shape index (κ2) is 8.88. The lowest BCUT2D eigenvalue weighted by Gasteiger charge is -2.28. The van der Waals surface area contributed by atoms with E-state index in [1.54, 1.807) is 0 Å². The van der Waals surface area contributed by atoms with Gasteiger partial charge in [0, 0.05) is 30.8 Å². The topological polar surface area (TPSA) is 88.9 Å². The molecule has 0 amide bonds. The highest BCUT2D eigenvalue weighted by molar-refractivity contribution is 5.79. The van der Waals surface area contributed by atoms with Crippen LogP contribution in [0.15, 0.2) is 29.1 Å². The summed E-state index contributed by atoms with van der Waals surface area (Å²) in [6, 6.07) is 8.12. The lowest BCUT2D eigenvalue weighted by molar-refractivity contribution is 0.0656. The maximum absolute atomic E-state index is 12.8. The molecule has 0 unspecified atom stereocenters. The maximum atomic E-state index is 12.8. The molecule has 166 valence electrons. The van der Waals surface area contributed by atoms with Crippen LogP contribution in [0.3, 0.4) is 0 Å². The van der Waals surface area contributed by atoms with Crippen LogP contribution in [0, 0.1) is 6.92 Å². The second-order valence-electron chi connectivity index (χ2n) is 9.19. The average molecular weight is 425 g/mol. The predicted octanol–water partition coefficient (Wildman–Crippen LogP) is 3.15. The lowest BCUT2D eigenvalue weighted by Crippen LogP contribution is -2.36. The van der Waals surface area contributed by atoms with Gasteiger partial charge in [0.25, 0.3) is 5.56 Å². The number of tetrazole rings is 1. The third-order valence-corrected chi connectivity index (χ3v) is 6.30. The quantitative estimate of drug-likeness (QED) is 0.598. The van der Waals surface area contributed by atoms with Crippen LogP contribution in [0.4, 0.5) is 0 Å². The van der Waals surface area contributed by atoms with Crippen LogP contribution in [0.5, 0.6) is 0 Å². The molecule has 0 radical (unpaired) electrons. The Balaban J connectivity index is 1.62. The fraction of sp³-hybridized carbons (Fsp3) is 0.565. The van der Waals surface area contributed by atoms with Crippen molar-refractivity contribution in [1.29, 1.82) is 0 Å². The summed E-state index contributed by atoms with van der Waals surface area (Å²) in [4.78, 5) is 18.1. The van der Waals surface area contributed by atoms with Crippen LogP contribution < -0.4 is 5.56 Å². The molecular formula is C23H32N6O2. The van der Waals surface area contributed by atoms with Crippen LogP contribution in [0.1, 0.15) is 57.0 Å². The maximum Gasteiger partial charge on any atom is 0.252 e. The summed E-state index contributed by atoms with van der Waals surface area (Å²) < 4.78 is 7.79. The minimum absolute atomic E-state index is 0.0519. The number of aromatic nitrogens is 5. The molecular weight excluding hydrogens is 392 g/mol. The van der Waals surface area contributed by atoms with Crippen molar-refractivity contribution in [3.05, 3.63) is 51.6 Å². The van der Waals surface area contributed by atoms with Crippen LogP contribution in [0.25, 0.3) is 10.9 Å². The zero-order valence-corrected chi connectivity index (χ0v) is 18.9. The van der Waals surface area contributed by atoms with Crippen LogP contribution in [0.2, 0.25) is 0 Å². The monoisotopic (exact) mass is 424 g/mol. The van der Waals surface area contributed by atoms with E-state index < -0.39 is 0 Å². The molecule has 1 N–H and O–H groups in total. The Bertz CT molecular complexity index is 1100. The minimum atomic E-state index is -0.174. The molecule has 0 bridgehead atoms. The van der Waals surface area contributed by atoms with Crippen molar-refractivity contribution in [3.63, 3.8) is 0 Å². The van der Waals surface area contributed by atoms with E-state index in [1.807, 2.05) is 23.7 Å². The molecule has 0 saturated carbocycles. The zero-order chi connectivity index (χ0) is 22.0. The number of pyridine rings is 1. The normalized spacial score (nSPS) is 17.1. The fourth-order valence-corrected chi connectivity index (χ4v) is 4.10. The first kappa shape index (κ1) is 21.6. The van der Waals surface area contributed by atoms with E-state index in [2.05, 4.69) is 58.3 Å². The van der Waals surface area contributed by atoms with Gasteiger partial charge in [0.1, 0.15) is 0 Å². The van der Waals surface area contributed by atoms with Gasteiger partial charge in [-0.05, 0) is 73.5 Å². The Kier molecular flexibility index (Phi) is 6.20. The summed E-state index contributed by atoms with van der Waals surface area (Å²) in [5.74, 6) is 0.803. The van der Waals surface area contributed by atoms with Gasteiger partial charge in [0.05, 0.1) is 18.2 Å². The highest BCUT2D eigenvalue weighted by atomic mass is 16.5. The number of hydrogen-bond acceptors (Lipinski definition) is 6. The van der Waals surface area contributed by atoms with E-state index in [9.17, 15) is 4.79 Å². The van der Waals surface area contributed by atoms with E-state index in [0.29, 0.717) is 13.1 Å². The van der Waals surface area contributed by atoms with Gasteiger partial charge in [-0.3, -0.25) is 9.69 Å². The number of rotatable bonds is 8. The molecule has 1 fully saturated rings. The van der Waals surface area contributed by atoms with E-state index >= 15 is 0 Å². The van der Waals surface area contributed by atoms with Gasteiger partial charge in [-0.2, -0.15) is 0 Å². The standard InChI is InChI=1S/C23H32N6O2/c1-5-23(3,4)29-21(25-26-27-29)15-28(14-19-7-6-10-31-19)13-18-12-17-9-8-16(2)11-20(17)24-22(18)30/h8-9,11-12,19H,5-7,10,13-15H2,1-4H3,(H,24,30)/t19-/m0/s1. The number of nitrogens with zero attached hydrogens (tertiary/aromatic N) is 5.